The number of nitrogens with one attached hydrogen (secondary N) is 2. The number of ketones is 1. The lowest BCUT2D eigenvalue weighted by Crippen LogP contribution is -2.45. The summed E-state index contributed by atoms with van der Waals surface area (Å²) in [7, 11) is 0. The highest BCUT2D eigenvalue weighted by molar-refractivity contribution is 5.86. The van der Waals surface area contributed by atoms with Crippen LogP contribution in [0, 0.1) is 11.8 Å². The maximum absolute atomic E-state index is 12.6. The fraction of sp³-hybridized carbons (Fsp3) is 0.857. The van der Waals surface area contributed by atoms with Gasteiger partial charge in [-0.3, -0.25) is 19.2 Å². The van der Waals surface area contributed by atoms with Crippen LogP contribution in [0.5, 0.6) is 0 Å². The van der Waals surface area contributed by atoms with Crippen molar-refractivity contribution in [3.05, 3.63) is 0 Å². The van der Waals surface area contributed by atoms with Crippen molar-refractivity contribution < 1.29 is 34.2 Å². The molecule has 1 aliphatic rings. The van der Waals surface area contributed by atoms with Gasteiger partial charge in [-0.25, -0.2) is 4.79 Å². The maximum atomic E-state index is 12.6. The Labute approximate surface area is 266 Å². The predicted octanol–water partition coefficient (Wildman–Crippen LogP) is 7.34. The molecule has 0 unspecified atom stereocenters. The predicted molar refractivity (Wildman–Crippen MR) is 173 cm³/mol. The Balaban J connectivity index is 1.94. The Kier molecular flexibility index (Phi) is 23.2. The van der Waals surface area contributed by atoms with Crippen molar-refractivity contribution in [1.82, 2.24) is 10.6 Å². The van der Waals surface area contributed by atoms with Crippen LogP contribution in [0.1, 0.15) is 167 Å². The monoisotopic (exact) mass is 622 g/mol. The second-order valence-electron chi connectivity index (χ2n) is 12.9. The summed E-state index contributed by atoms with van der Waals surface area (Å²) in [5.74, 6) is -1.79. The summed E-state index contributed by atoms with van der Waals surface area (Å²) in [5, 5.41) is 23.7. The summed E-state index contributed by atoms with van der Waals surface area (Å²) in [6.07, 6.45) is 23.7. The van der Waals surface area contributed by atoms with Crippen LogP contribution in [0.3, 0.4) is 0 Å². The van der Waals surface area contributed by atoms with Crippen LogP contribution in [0.4, 0.5) is 0 Å². The number of hydrogen-bond donors (Lipinski definition) is 4. The Morgan fingerprint density at radius 2 is 1.09 bits per heavy atom. The highest BCUT2D eigenvalue weighted by Crippen LogP contribution is 2.29. The van der Waals surface area contributed by atoms with Gasteiger partial charge in [0, 0.05) is 38.1 Å². The summed E-state index contributed by atoms with van der Waals surface area (Å²) in [4.78, 5) is 58.4. The highest BCUT2D eigenvalue weighted by Gasteiger charge is 2.29. The van der Waals surface area contributed by atoms with E-state index >= 15 is 0 Å². The molecule has 9 nitrogen and oxygen atoms in total. The first-order valence-corrected chi connectivity index (χ1v) is 17.8. The number of carbonyl (C=O) groups is 5. The van der Waals surface area contributed by atoms with Gasteiger partial charge in [-0.2, -0.15) is 0 Å². The highest BCUT2D eigenvalue weighted by atomic mass is 16.4. The molecule has 0 spiro atoms. The number of carboxylic acids is 2. The summed E-state index contributed by atoms with van der Waals surface area (Å²) in [6.45, 7) is 2.38. The molecule has 1 aliphatic carbocycles. The average Bonchev–Trinajstić information content (AvgIpc) is 3.01. The van der Waals surface area contributed by atoms with E-state index in [2.05, 4.69) is 10.6 Å². The number of amides is 2. The van der Waals surface area contributed by atoms with Gasteiger partial charge < -0.3 is 20.8 Å². The quantitative estimate of drug-likeness (QED) is 0.0667. The molecular formula is C35H62N2O7. The largest absolute Gasteiger partial charge is 0.481 e. The molecule has 9 heteroatoms. The number of Topliss-reactive ketones (excluding diaryl/α,β-unsaturated/α-hetero) is 1. The number of aliphatic carboxylic acids is 2. The van der Waals surface area contributed by atoms with E-state index < -0.39 is 18.0 Å². The van der Waals surface area contributed by atoms with Crippen molar-refractivity contribution in [3.8, 4) is 0 Å². The first-order chi connectivity index (χ1) is 21.2. The molecule has 0 bridgehead atoms. The number of hydrogen-bond acceptors (Lipinski definition) is 5. The van der Waals surface area contributed by atoms with Gasteiger partial charge in [-0.15, -0.1) is 0 Å². The third kappa shape index (κ3) is 21.3. The smallest absolute Gasteiger partial charge is 0.326 e. The van der Waals surface area contributed by atoms with Gasteiger partial charge in [0.2, 0.25) is 11.8 Å². The van der Waals surface area contributed by atoms with Crippen LogP contribution in [0.2, 0.25) is 0 Å². The first kappa shape index (κ1) is 39.6. The zero-order valence-electron chi connectivity index (χ0n) is 27.6. The topological polar surface area (TPSA) is 150 Å². The minimum atomic E-state index is -1.10. The van der Waals surface area contributed by atoms with E-state index in [9.17, 15) is 29.1 Å². The standard InChI is InChI=1S/C35H62N2O7/c1-2-30(38)25-26-31(35(43)44)37-34(42)29-23-21-28(22-24-29)27-36-32(39)19-17-15-13-11-9-7-5-3-4-6-8-10-12-14-16-18-20-33(40)41/h28-29,31H,2-27H2,1H3,(H,36,39)(H,37,42)(H,40,41)(H,43,44)/t28?,29?,31-/m0/s1. The lowest BCUT2D eigenvalue weighted by atomic mass is 9.81. The first-order valence-electron chi connectivity index (χ1n) is 17.8. The molecule has 0 aromatic heterocycles. The van der Waals surface area contributed by atoms with Gasteiger partial charge in [0.15, 0.2) is 0 Å². The van der Waals surface area contributed by atoms with E-state index in [1.54, 1.807) is 6.92 Å². The molecule has 0 aliphatic heterocycles. The van der Waals surface area contributed by atoms with Crippen LogP contribution in [0.25, 0.3) is 0 Å². The Bertz CT molecular complexity index is 824. The Morgan fingerprint density at radius 1 is 0.636 bits per heavy atom. The molecule has 0 aromatic carbocycles. The fourth-order valence-electron chi connectivity index (χ4n) is 6.04. The SMILES string of the molecule is CCC(=O)CC[C@H](NC(=O)C1CCC(CNC(=O)CCCCCCCCCCCCCCCCCCC(=O)O)CC1)C(=O)O. The maximum Gasteiger partial charge on any atom is 0.326 e. The molecule has 4 N–H and O–H groups in total. The summed E-state index contributed by atoms with van der Waals surface area (Å²) < 4.78 is 0. The van der Waals surface area contributed by atoms with Crippen molar-refractivity contribution in [2.75, 3.05) is 6.54 Å². The molecule has 1 saturated carbocycles. The number of unbranched alkanes of at least 4 members (excludes halogenated alkanes) is 15. The van der Waals surface area contributed by atoms with Gasteiger partial charge in [-0.1, -0.05) is 96.8 Å². The molecule has 254 valence electrons. The van der Waals surface area contributed by atoms with Gasteiger partial charge in [-0.05, 0) is 50.9 Å². The molecule has 0 radical (unpaired) electrons. The van der Waals surface area contributed by atoms with Crippen molar-refractivity contribution >= 4 is 29.5 Å². The molecule has 0 heterocycles. The normalized spacial score (nSPS) is 17.1. The number of carbonyl (C=O) groups excluding carboxylic acids is 3. The van der Waals surface area contributed by atoms with Crippen molar-refractivity contribution in [1.29, 1.82) is 0 Å². The van der Waals surface area contributed by atoms with Gasteiger partial charge in [0.1, 0.15) is 11.8 Å². The molecule has 1 fully saturated rings. The van der Waals surface area contributed by atoms with Crippen LogP contribution in [-0.2, 0) is 24.0 Å². The minimum absolute atomic E-state index is 0.00570. The fourth-order valence-corrected chi connectivity index (χ4v) is 6.04. The molecular weight excluding hydrogens is 560 g/mol. The van der Waals surface area contributed by atoms with Crippen molar-refractivity contribution in [3.63, 3.8) is 0 Å². The lowest BCUT2D eigenvalue weighted by molar-refractivity contribution is -0.143. The van der Waals surface area contributed by atoms with Gasteiger partial charge in [0.25, 0.3) is 0 Å². The molecule has 0 aromatic rings. The average molecular weight is 623 g/mol. The molecule has 1 atom stereocenters. The minimum Gasteiger partial charge on any atom is -0.481 e. The van der Waals surface area contributed by atoms with E-state index in [1.165, 1.54) is 70.6 Å². The van der Waals surface area contributed by atoms with E-state index in [0.717, 1.165) is 44.9 Å². The Hall–Kier alpha value is -2.45. The summed E-state index contributed by atoms with van der Waals surface area (Å²) >= 11 is 0. The summed E-state index contributed by atoms with van der Waals surface area (Å²) in [5.41, 5.74) is 0. The Morgan fingerprint density at radius 3 is 1.52 bits per heavy atom. The van der Waals surface area contributed by atoms with E-state index in [-0.39, 0.29) is 36.4 Å². The van der Waals surface area contributed by atoms with Gasteiger partial charge >= 0.3 is 11.9 Å². The molecule has 2 amide bonds. The van der Waals surface area contributed by atoms with Crippen molar-refractivity contribution in [2.24, 2.45) is 11.8 Å². The zero-order chi connectivity index (χ0) is 32.4. The van der Waals surface area contributed by atoms with Crippen LogP contribution in [-0.4, -0.2) is 52.3 Å². The molecule has 44 heavy (non-hydrogen) atoms. The van der Waals surface area contributed by atoms with Crippen LogP contribution >= 0.6 is 0 Å². The zero-order valence-corrected chi connectivity index (χ0v) is 27.6. The van der Waals surface area contributed by atoms with Crippen LogP contribution in [0.15, 0.2) is 0 Å². The second-order valence-corrected chi connectivity index (χ2v) is 12.9. The van der Waals surface area contributed by atoms with Gasteiger partial charge in [0.05, 0.1) is 0 Å². The third-order valence-corrected chi connectivity index (χ3v) is 9.07. The summed E-state index contributed by atoms with van der Waals surface area (Å²) in [6, 6.07) is -1.03. The van der Waals surface area contributed by atoms with E-state index in [0.29, 0.717) is 44.6 Å². The lowest BCUT2D eigenvalue weighted by Gasteiger charge is -2.28. The molecule has 1 rings (SSSR count). The van der Waals surface area contributed by atoms with Crippen LogP contribution < -0.4 is 10.6 Å². The van der Waals surface area contributed by atoms with Crippen molar-refractivity contribution in [2.45, 2.75) is 173 Å². The van der Waals surface area contributed by atoms with E-state index in [4.69, 9.17) is 5.11 Å². The number of carboxylic acid groups (broad SMARTS) is 2. The third-order valence-electron chi connectivity index (χ3n) is 9.07. The van der Waals surface area contributed by atoms with E-state index in [1.807, 2.05) is 0 Å². The number of rotatable bonds is 28. The second kappa shape index (κ2) is 25.8. The molecule has 0 saturated heterocycles.